The van der Waals surface area contributed by atoms with E-state index in [0.29, 0.717) is 13.1 Å². The topological polar surface area (TPSA) is 52.7 Å². The molecule has 0 aliphatic carbocycles. The molecule has 0 amide bonds. The Morgan fingerprint density at radius 3 is 2.32 bits per heavy atom. The Labute approximate surface area is 116 Å². The molecule has 1 aromatic rings. The quantitative estimate of drug-likeness (QED) is 0.722. The van der Waals surface area contributed by atoms with Gasteiger partial charge in [-0.05, 0) is 25.6 Å². The molecule has 6 heteroatoms. The van der Waals surface area contributed by atoms with Crippen molar-refractivity contribution in [2.24, 2.45) is 0 Å². The van der Waals surface area contributed by atoms with E-state index in [2.05, 4.69) is 5.32 Å². The van der Waals surface area contributed by atoms with E-state index in [1.807, 2.05) is 37.4 Å². The van der Waals surface area contributed by atoms with Gasteiger partial charge in [-0.25, -0.2) is 0 Å². The molecule has 0 aliphatic rings. The molecule has 0 atom stereocenters. The Kier molecular flexibility index (Phi) is 6.44. The summed E-state index contributed by atoms with van der Waals surface area (Å²) < 4.78 is 27.3. The molecule has 0 spiro atoms. The second-order valence-electron chi connectivity index (χ2n) is 4.53. The Bertz CT molecular complexity index is 462. The molecule has 19 heavy (non-hydrogen) atoms. The summed E-state index contributed by atoms with van der Waals surface area (Å²) in [5.41, 5.74) is 0.984. The summed E-state index contributed by atoms with van der Waals surface area (Å²) in [4.78, 5) is 0. The fraction of sp³-hybridized carbons (Fsp3) is 0.538. The predicted molar refractivity (Wildman–Crippen MR) is 78.0 cm³/mol. The van der Waals surface area contributed by atoms with Crippen molar-refractivity contribution in [2.45, 2.75) is 13.0 Å². The van der Waals surface area contributed by atoms with Gasteiger partial charge in [-0.3, -0.25) is 0 Å². The van der Waals surface area contributed by atoms with Crippen LogP contribution in [0.4, 0.5) is 0 Å². The maximum atomic E-state index is 12.3. The monoisotopic (exact) mass is 285 g/mol. The molecule has 108 valence electrons. The van der Waals surface area contributed by atoms with Crippen molar-refractivity contribution in [3.63, 3.8) is 0 Å². The maximum absolute atomic E-state index is 12.3. The van der Waals surface area contributed by atoms with Gasteiger partial charge in [0.15, 0.2) is 0 Å². The van der Waals surface area contributed by atoms with E-state index in [0.717, 1.165) is 18.5 Å². The molecule has 0 fully saturated rings. The average molecular weight is 285 g/mol. The molecule has 0 aliphatic heterocycles. The van der Waals surface area contributed by atoms with Crippen LogP contribution in [0.5, 0.6) is 0 Å². The van der Waals surface area contributed by atoms with E-state index in [-0.39, 0.29) is 0 Å². The highest BCUT2D eigenvalue weighted by atomic mass is 32.2. The van der Waals surface area contributed by atoms with Gasteiger partial charge in [-0.2, -0.15) is 17.0 Å². The molecule has 1 aromatic carbocycles. The highest BCUT2D eigenvalue weighted by Gasteiger charge is 2.22. The van der Waals surface area contributed by atoms with Gasteiger partial charge in [0.25, 0.3) is 10.2 Å². The maximum Gasteiger partial charge on any atom is 0.281 e. The molecule has 1 rings (SSSR count). The van der Waals surface area contributed by atoms with Gasteiger partial charge < -0.3 is 5.32 Å². The molecular formula is C13H23N3O2S. The molecule has 0 bridgehead atoms. The van der Waals surface area contributed by atoms with Crippen LogP contribution in [0.2, 0.25) is 0 Å². The Morgan fingerprint density at radius 2 is 1.74 bits per heavy atom. The first-order valence-electron chi connectivity index (χ1n) is 6.34. The van der Waals surface area contributed by atoms with Crippen LogP contribution < -0.4 is 5.32 Å². The van der Waals surface area contributed by atoms with Crippen LogP contribution in [-0.4, -0.2) is 51.3 Å². The standard InChI is InChI=1S/C13H23N3O2S/c1-14-10-7-11-15(2)19(17,18)16(3)12-13-8-5-4-6-9-13/h4-6,8-9,14H,7,10-12H2,1-3H3. The summed E-state index contributed by atoms with van der Waals surface area (Å²) in [6.07, 6.45) is 0.797. The lowest BCUT2D eigenvalue weighted by Crippen LogP contribution is -2.40. The number of nitrogens with zero attached hydrogens (tertiary/aromatic N) is 2. The van der Waals surface area contributed by atoms with Crippen molar-refractivity contribution < 1.29 is 8.42 Å². The summed E-state index contributed by atoms with van der Waals surface area (Å²) in [6, 6.07) is 9.58. The summed E-state index contributed by atoms with van der Waals surface area (Å²) in [5.74, 6) is 0. The van der Waals surface area contributed by atoms with Gasteiger partial charge in [-0.1, -0.05) is 30.3 Å². The van der Waals surface area contributed by atoms with Crippen LogP contribution in [0.1, 0.15) is 12.0 Å². The summed E-state index contributed by atoms with van der Waals surface area (Å²) >= 11 is 0. The van der Waals surface area contributed by atoms with Crippen molar-refractivity contribution in [1.29, 1.82) is 0 Å². The largest absolute Gasteiger partial charge is 0.320 e. The minimum Gasteiger partial charge on any atom is -0.320 e. The first-order chi connectivity index (χ1) is 8.98. The van der Waals surface area contributed by atoms with E-state index in [1.165, 1.54) is 8.61 Å². The second-order valence-corrected chi connectivity index (χ2v) is 6.67. The first-order valence-corrected chi connectivity index (χ1v) is 7.74. The van der Waals surface area contributed by atoms with E-state index < -0.39 is 10.2 Å². The molecule has 0 saturated heterocycles. The highest BCUT2D eigenvalue weighted by molar-refractivity contribution is 7.86. The SMILES string of the molecule is CNCCCN(C)S(=O)(=O)N(C)Cc1ccccc1. The minimum atomic E-state index is -3.38. The van der Waals surface area contributed by atoms with Crippen LogP contribution in [0.25, 0.3) is 0 Å². The Morgan fingerprint density at radius 1 is 1.11 bits per heavy atom. The van der Waals surface area contributed by atoms with Crippen LogP contribution >= 0.6 is 0 Å². The molecule has 0 unspecified atom stereocenters. The summed E-state index contributed by atoms with van der Waals surface area (Å²) in [6.45, 7) is 1.71. The average Bonchev–Trinajstić information content (AvgIpc) is 2.40. The van der Waals surface area contributed by atoms with Gasteiger partial charge in [-0.15, -0.1) is 0 Å². The normalized spacial score (nSPS) is 12.3. The van der Waals surface area contributed by atoms with E-state index in [4.69, 9.17) is 0 Å². The zero-order valence-electron chi connectivity index (χ0n) is 11.8. The fourth-order valence-corrected chi connectivity index (χ4v) is 2.90. The lowest BCUT2D eigenvalue weighted by molar-refractivity contribution is 0.385. The van der Waals surface area contributed by atoms with Gasteiger partial charge in [0.2, 0.25) is 0 Å². The van der Waals surface area contributed by atoms with Gasteiger partial charge >= 0.3 is 0 Å². The molecular weight excluding hydrogens is 262 g/mol. The highest BCUT2D eigenvalue weighted by Crippen LogP contribution is 2.10. The number of hydrogen-bond donors (Lipinski definition) is 1. The zero-order chi connectivity index (χ0) is 14.3. The molecule has 0 aromatic heterocycles. The number of hydrogen-bond acceptors (Lipinski definition) is 3. The minimum absolute atomic E-state index is 0.388. The van der Waals surface area contributed by atoms with Crippen LogP contribution in [-0.2, 0) is 16.8 Å². The van der Waals surface area contributed by atoms with Crippen LogP contribution in [0.15, 0.2) is 30.3 Å². The molecule has 0 saturated carbocycles. The molecule has 1 N–H and O–H groups in total. The van der Waals surface area contributed by atoms with E-state index >= 15 is 0 Å². The lowest BCUT2D eigenvalue weighted by Gasteiger charge is -2.24. The van der Waals surface area contributed by atoms with Crippen LogP contribution in [0, 0.1) is 0 Å². The van der Waals surface area contributed by atoms with Crippen LogP contribution in [0.3, 0.4) is 0 Å². The smallest absolute Gasteiger partial charge is 0.281 e. The lowest BCUT2D eigenvalue weighted by atomic mass is 10.2. The van der Waals surface area contributed by atoms with Crippen molar-refractivity contribution in [2.75, 3.05) is 34.2 Å². The Hall–Kier alpha value is -0.950. The predicted octanol–water partition coefficient (Wildman–Crippen LogP) is 0.905. The van der Waals surface area contributed by atoms with E-state index in [1.54, 1.807) is 14.1 Å². The third-order valence-corrected chi connectivity index (χ3v) is 4.82. The number of nitrogens with one attached hydrogen (secondary N) is 1. The number of rotatable bonds is 8. The van der Waals surface area contributed by atoms with Gasteiger partial charge in [0.05, 0.1) is 0 Å². The van der Waals surface area contributed by atoms with Crippen molar-refractivity contribution in [3.05, 3.63) is 35.9 Å². The molecule has 0 radical (unpaired) electrons. The van der Waals surface area contributed by atoms with Crippen molar-refractivity contribution in [1.82, 2.24) is 13.9 Å². The van der Waals surface area contributed by atoms with Gasteiger partial charge in [0, 0.05) is 27.2 Å². The third kappa shape index (κ3) is 4.91. The van der Waals surface area contributed by atoms with E-state index in [9.17, 15) is 8.42 Å². The summed E-state index contributed by atoms with van der Waals surface area (Å²) in [5, 5.41) is 3.01. The Balaban J connectivity index is 2.60. The third-order valence-electron chi connectivity index (χ3n) is 2.94. The van der Waals surface area contributed by atoms with Crippen molar-refractivity contribution >= 4 is 10.2 Å². The summed E-state index contributed by atoms with van der Waals surface area (Å²) in [7, 11) is 1.70. The second kappa shape index (κ2) is 7.59. The molecule has 0 heterocycles. The van der Waals surface area contributed by atoms with Crippen molar-refractivity contribution in [3.8, 4) is 0 Å². The zero-order valence-corrected chi connectivity index (χ0v) is 12.7. The fourth-order valence-electron chi connectivity index (χ4n) is 1.75. The molecule has 5 nitrogen and oxygen atoms in total. The number of benzene rings is 1. The first kappa shape index (κ1) is 16.1. The van der Waals surface area contributed by atoms with Gasteiger partial charge in [0.1, 0.15) is 0 Å².